The van der Waals surface area contributed by atoms with Crippen molar-refractivity contribution in [2.75, 3.05) is 11.9 Å². The molecule has 1 aromatic heterocycles. The summed E-state index contributed by atoms with van der Waals surface area (Å²) in [6, 6.07) is 8.55. The van der Waals surface area contributed by atoms with Crippen molar-refractivity contribution in [2.45, 2.75) is 13.3 Å². The van der Waals surface area contributed by atoms with Crippen LogP contribution in [0.5, 0.6) is 0 Å². The highest BCUT2D eigenvalue weighted by Gasteiger charge is 2.19. The van der Waals surface area contributed by atoms with Gasteiger partial charge in [-0.2, -0.15) is 0 Å². The lowest BCUT2D eigenvalue weighted by molar-refractivity contribution is 0.0991. The Balaban J connectivity index is 2.32. The number of nitrogens with zero attached hydrogens (tertiary/aromatic N) is 2. The predicted molar refractivity (Wildman–Crippen MR) is 79.8 cm³/mol. The van der Waals surface area contributed by atoms with Crippen molar-refractivity contribution >= 4 is 17.4 Å². The molecule has 0 aliphatic heterocycles. The number of rotatable bonds is 4. The monoisotopic (exact) mass is 287 g/mol. The average Bonchev–Trinajstić information content (AvgIpc) is 3.01. The Morgan fingerprint density at radius 1 is 1.43 bits per heavy atom. The standard InChI is InChI=1S/C15H17N3O3/c1-3-13-12(7-8-21-13)15(19)18(2)11-6-4-5-10(9-11)14(16)17-20/h4-9,20H,3H2,1-2H3,(H2,16,17). The maximum Gasteiger partial charge on any atom is 0.261 e. The van der Waals surface area contributed by atoms with Gasteiger partial charge in [-0.25, -0.2) is 0 Å². The van der Waals surface area contributed by atoms with E-state index in [0.29, 0.717) is 29.0 Å². The second-order valence-electron chi connectivity index (χ2n) is 4.51. The summed E-state index contributed by atoms with van der Waals surface area (Å²) in [5.74, 6) is 0.479. The first kappa shape index (κ1) is 14.6. The van der Waals surface area contributed by atoms with Crippen molar-refractivity contribution in [3.05, 3.63) is 53.5 Å². The third kappa shape index (κ3) is 2.89. The van der Waals surface area contributed by atoms with Gasteiger partial charge >= 0.3 is 0 Å². The van der Waals surface area contributed by atoms with Crippen LogP contribution in [0.2, 0.25) is 0 Å². The van der Waals surface area contributed by atoms with Crippen LogP contribution in [-0.4, -0.2) is 24.0 Å². The first-order valence-electron chi connectivity index (χ1n) is 6.50. The Kier molecular flexibility index (Phi) is 4.27. The molecule has 110 valence electrons. The molecule has 6 heteroatoms. The third-order valence-corrected chi connectivity index (χ3v) is 3.24. The number of hydrogen-bond donors (Lipinski definition) is 2. The van der Waals surface area contributed by atoms with Crippen molar-refractivity contribution in [1.82, 2.24) is 0 Å². The van der Waals surface area contributed by atoms with Crippen LogP contribution in [0.25, 0.3) is 0 Å². The van der Waals surface area contributed by atoms with Crippen LogP contribution in [0, 0.1) is 0 Å². The van der Waals surface area contributed by atoms with Gasteiger partial charge in [0.1, 0.15) is 5.76 Å². The molecule has 6 nitrogen and oxygen atoms in total. The molecular formula is C15H17N3O3. The largest absolute Gasteiger partial charge is 0.469 e. The summed E-state index contributed by atoms with van der Waals surface area (Å²) < 4.78 is 5.28. The minimum Gasteiger partial charge on any atom is -0.469 e. The Labute approximate surface area is 122 Å². The molecule has 0 bridgehead atoms. The molecule has 0 unspecified atom stereocenters. The molecule has 1 aromatic carbocycles. The summed E-state index contributed by atoms with van der Waals surface area (Å²) in [6.45, 7) is 1.93. The molecule has 2 aromatic rings. The van der Waals surface area contributed by atoms with Crippen molar-refractivity contribution in [3.8, 4) is 0 Å². The second-order valence-corrected chi connectivity index (χ2v) is 4.51. The van der Waals surface area contributed by atoms with Gasteiger partial charge in [0, 0.05) is 24.7 Å². The number of amidine groups is 1. The summed E-state index contributed by atoms with van der Waals surface area (Å²) in [6.07, 6.45) is 2.15. The highest BCUT2D eigenvalue weighted by Crippen LogP contribution is 2.20. The van der Waals surface area contributed by atoms with E-state index in [4.69, 9.17) is 15.4 Å². The fourth-order valence-electron chi connectivity index (χ4n) is 2.03. The van der Waals surface area contributed by atoms with Crippen LogP contribution < -0.4 is 10.6 Å². The number of benzene rings is 1. The van der Waals surface area contributed by atoms with Crippen molar-refractivity contribution < 1.29 is 14.4 Å². The normalized spacial score (nSPS) is 11.4. The van der Waals surface area contributed by atoms with Gasteiger partial charge in [0.15, 0.2) is 5.84 Å². The summed E-state index contributed by atoms with van der Waals surface area (Å²) in [7, 11) is 1.67. The van der Waals surface area contributed by atoms with E-state index in [2.05, 4.69) is 5.16 Å². The lowest BCUT2D eigenvalue weighted by Crippen LogP contribution is -2.27. The number of carbonyl (C=O) groups is 1. The first-order chi connectivity index (χ1) is 10.1. The van der Waals surface area contributed by atoms with Crippen LogP contribution in [0.4, 0.5) is 5.69 Å². The van der Waals surface area contributed by atoms with Gasteiger partial charge in [0.25, 0.3) is 5.91 Å². The summed E-state index contributed by atoms with van der Waals surface area (Å²) >= 11 is 0. The first-order valence-corrected chi connectivity index (χ1v) is 6.50. The fraction of sp³-hybridized carbons (Fsp3) is 0.200. The Morgan fingerprint density at radius 2 is 2.19 bits per heavy atom. The number of anilines is 1. The number of hydrogen-bond acceptors (Lipinski definition) is 4. The molecule has 0 saturated carbocycles. The number of furan rings is 1. The lowest BCUT2D eigenvalue weighted by Gasteiger charge is -2.18. The zero-order valence-corrected chi connectivity index (χ0v) is 11.9. The van der Waals surface area contributed by atoms with E-state index in [0.717, 1.165) is 0 Å². The highest BCUT2D eigenvalue weighted by atomic mass is 16.4. The quantitative estimate of drug-likeness (QED) is 0.390. The zero-order chi connectivity index (χ0) is 15.4. The van der Waals surface area contributed by atoms with E-state index in [-0.39, 0.29) is 11.7 Å². The van der Waals surface area contributed by atoms with Gasteiger partial charge in [0.05, 0.1) is 11.8 Å². The number of aryl methyl sites for hydroxylation is 1. The molecule has 0 fully saturated rings. The summed E-state index contributed by atoms with van der Waals surface area (Å²) in [5.41, 5.74) is 7.28. The Hall–Kier alpha value is -2.76. The Bertz CT molecular complexity index is 676. The topological polar surface area (TPSA) is 92.1 Å². The van der Waals surface area contributed by atoms with E-state index in [1.54, 1.807) is 37.4 Å². The molecule has 0 radical (unpaired) electrons. The van der Waals surface area contributed by atoms with E-state index < -0.39 is 0 Å². The molecular weight excluding hydrogens is 270 g/mol. The third-order valence-electron chi connectivity index (χ3n) is 3.24. The molecule has 0 atom stereocenters. The lowest BCUT2D eigenvalue weighted by atomic mass is 10.1. The van der Waals surface area contributed by atoms with Gasteiger partial charge in [-0.1, -0.05) is 24.2 Å². The molecule has 1 amide bonds. The molecule has 0 aliphatic carbocycles. The van der Waals surface area contributed by atoms with E-state index in [1.165, 1.54) is 11.2 Å². The molecule has 0 saturated heterocycles. The summed E-state index contributed by atoms with van der Waals surface area (Å²) in [5, 5.41) is 11.7. The number of oxime groups is 1. The van der Waals surface area contributed by atoms with E-state index in [1.807, 2.05) is 6.92 Å². The molecule has 21 heavy (non-hydrogen) atoms. The minimum atomic E-state index is -0.169. The van der Waals surface area contributed by atoms with Crippen LogP contribution in [-0.2, 0) is 6.42 Å². The fourth-order valence-corrected chi connectivity index (χ4v) is 2.03. The van der Waals surface area contributed by atoms with Gasteiger partial charge in [-0.15, -0.1) is 0 Å². The van der Waals surface area contributed by atoms with Gasteiger partial charge in [-0.3, -0.25) is 4.79 Å². The maximum atomic E-state index is 12.5. The number of amides is 1. The van der Waals surface area contributed by atoms with E-state index >= 15 is 0 Å². The maximum absolute atomic E-state index is 12.5. The minimum absolute atomic E-state index is 0.00439. The van der Waals surface area contributed by atoms with Gasteiger partial charge in [0.2, 0.25) is 0 Å². The predicted octanol–water partition coefficient (Wildman–Crippen LogP) is 2.21. The van der Waals surface area contributed by atoms with Gasteiger partial charge in [-0.05, 0) is 18.2 Å². The zero-order valence-electron chi connectivity index (χ0n) is 11.9. The van der Waals surface area contributed by atoms with Crippen molar-refractivity contribution in [1.29, 1.82) is 0 Å². The van der Waals surface area contributed by atoms with Crippen LogP contribution in [0.15, 0.2) is 46.2 Å². The molecule has 0 spiro atoms. The second kappa shape index (κ2) is 6.13. The molecule has 0 aliphatic rings. The van der Waals surface area contributed by atoms with Crippen LogP contribution in [0.3, 0.4) is 0 Å². The number of nitrogens with two attached hydrogens (primary N) is 1. The SMILES string of the molecule is CCc1occc1C(=O)N(C)c1cccc(/C(N)=N/O)c1. The number of carbonyl (C=O) groups excluding carboxylic acids is 1. The van der Waals surface area contributed by atoms with Crippen LogP contribution >= 0.6 is 0 Å². The molecule has 1 heterocycles. The van der Waals surface area contributed by atoms with Crippen molar-refractivity contribution in [2.24, 2.45) is 10.9 Å². The highest BCUT2D eigenvalue weighted by molar-refractivity contribution is 6.07. The molecule has 2 rings (SSSR count). The van der Waals surface area contributed by atoms with Gasteiger partial charge < -0.3 is 20.3 Å². The smallest absolute Gasteiger partial charge is 0.261 e. The van der Waals surface area contributed by atoms with Crippen molar-refractivity contribution in [3.63, 3.8) is 0 Å². The molecule has 3 N–H and O–H groups in total. The van der Waals surface area contributed by atoms with Crippen LogP contribution in [0.1, 0.15) is 28.6 Å². The van der Waals surface area contributed by atoms with E-state index in [9.17, 15) is 4.79 Å². The average molecular weight is 287 g/mol. The Morgan fingerprint density at radius 3 is 2.86 bits per heavy atom. The summed E-state index contributed by atoms with van der Waals surface area (Å²) in [4.78, 5) is 14.0.